The van der Waals surface area contributed by atoms with Gasteiger partial charge in [0.2, 0.25) is 5.56 Å². The molecule has 0 saturated carbocycles. The lowest BCUT2D eigenvalue weighted by Crippen LogP contribution is -2.34. The van der Waals surface area contributed by atoms with Gasteiger partial charge in [0.05, 0.1) is 5.56 Å². The number of pyridine rings is 1. The molecule has 0 bridgehead atoms. The number of aromatic amines is 1. The smallest absolute Gasteiger partial charge is 0.255 e. The summed E-state index contributed by atoms with van der Waals surface area (Å²) in [5.41, 5.74) is 0.348. The number of nitrogens with one attached hydrogen (secondary N) is 1. The maximum absolute atomic E-state index is 12.1. The zero-order valence-corrected chi connectivity index (χ0v) is 10.7. The average molecular weight is 236 g/mol. The van der Waals surface area contributed by atoms with Crippen molar-refractivity contribution in [3.8, 4) is 0 Å². The van der Waals surface area contributed by atoms with Crippen LogP contribution in [0.4, 0.5) is 0 Å². The molecule has 0 radical (unpaired) electrons. The molecule has 0 aromatic carbocycles. The minimum Gasteiger partial charge on any atom is -0.339 e. The van der Waals surface area contributed by atoms with Crippen LogP contribution in [0.25, 0.3) is 0 Å². The number of amides is 1. The van der Waals surface area contributed by atoms with E-state index in [1.807, 2.05) is 11.8 Å². The van der Waals surface area contributed by atoms with Gasteiger partial charge >= 0.3 is 0 Å². The molecule has 94 valence electrons. The predicted octanol–water partition coefficient (Wildman–Crippen LogP) is 1.88. The van der Waals surface area contributed by atoms with Crippen LogP contribution in [-0.4, -0.2) is 28.9 Å². The van der Waals surface area contributed by atoms with Crippen LogP contribution >= 0.6 is 0 Å². The van der Waals surface area contributed by atoms with Crippen molar-refractivity contribution in [1.29, 1.82) is 0 Å². The number of hydrogen-bond donors (Lipinski definition) is 1. The lowest BCUT2D eigenvalue weighted by atomic mass is 10.1. The summed E-state index contributed by atoms with van der Waals surface area (Å²) >= 11 is 0. The first-order valence-corrected chi connectivity index (χ1v) is 6.06. The van der Waals surface area contributed by atoms with Crippen molar-refractivity contribution in [2.75, 3.05) is 13.1 Å². The fourth-order valence-electron chi connectivity index (χ4n) is 1.59. The van der Waals surface area contributed by atoms with Crippen LogP contribution in [0.15, 0.2) is 23.1 Å². The number of aromatic nitrogens is 1. The topological polar surface area (TPSA) is 53.2 Å². The third kappa shape index (κ3) is 3.73. The summed E-state index contributed by atoms with van der Waals surface area (Å²) < 4.78 is 0. The predicted molar refractivity (Wildman–Crippen MR) is 68.1 cm³/mol. The van der Waals surface area contributed by atoms with E-state index >= 15 is 0 Å². The Bertz CT molecular complexity index is 405. The van der Waals surface area contributed by atoms with E-state index in [1.54, 1.807) is 6.07 Å². The second-order valence-corrected chi connectivity index (χ2v) is 4.30. The summed E-state index contributed by atoms with van der Waals surface area (Å²) in [6.45, 7) is 7.64. The first-order valence-electron chi connectivity index (χ1n) is 6.06. The van der Waals surface area contributed by atoms with Crippen LogP contribution in [0.2, 0.25) is 0 Å². The second-order valence-electron chi connectivity index (χ2n) is 4.30. The van der Waals surface area contributed by atoms with E-state index in [2.05, 4.69) is 18.8 Å². The first-order chi connectivity index (χ1) is 8.08. The van der Waals surface area contributed by atoms with Crippen LogP contribution in [0.5, 0.6) is 0 Å². The van der Waals surface area contributed by atoms with Gasteiger partial charge in [0.25, 0.3) is 5.91 Å². The summed E-state index contributed by atoms with van der Waals surface area (Å²) in [5, 5.41) is 0. The minimum atomic E-state index is -0.188. The Balaban J connectivity index is 2.78. The summed E-state index contributed by atoms with van der Waals surface area (Å²) in [6, 6.07) is 2.95. The highest BCUT2D eigenvalue weighted by Gasteiger charge is 2.15. The molecule has 1 atom stereocenters. The molecular weight excluding hydrogens is 216 g/mol. The van der Waals surface area contributed by atoms with Crippen molar-refractivity contribution in [1.82, 2.24) is 9.88 Å². The van der Waals surface area contributed by atoms with Crippen molar-refractivity contribution in [3.05, 3.63) is 34.2 Å². The Labute approximate surface area is 102 Å². The SMILES string of the molecule is CCC(C)CN(CC)C(=O)c1ccc(=O)[nH]c1. The Morgan fingerprint density at radius 2 is 2.12 bits per heavy atom. The summed E-state index contributed by atoms with van der Waals surface area (Å²) in [7, 11) is 0. The summed E-state index contributed by atoms with van der Waals surface area (Å²) in [6.07, 6.45) is 2.53. The molecule has 0 aliphatic rings. The van der Waals surface area contributed by atoms with Crippen LogP contribution in [-0.2, 0) is 0 Å². The molecule has 1 unspecified atom stereocenters. The summed E-state index contributed by atoms with van der Waals surface area (Å²) in [4.78, 5) is 27.4. The van der Waals surface area contributed by atoms with E-state index in [9.17, 15) is 9.59 Å². The highest BCUT2D eigenvalue weighted by atomic mass is 16.2. The van der Waals surface area contributed by atoms with Gasteiger partial charge in [0.15, 0.2) is 0 Å². The highest BCUT2D eigenvalue weighted by molar-refractivity contribution is 5.93. The zero-order chi connectivity index (χ0) is 12.8. The van der Waals surface area contributed by atoms with Gasteiger partial charge in [-0.2, -0.15) is 0 Å². The fourth-order valence-corrected chi connectivity index (χ4v) is 1.59. The van der Waals surface area contributed by atoms with Crippen LogP contribution in [0.3, 0.4) is 0 Å². The number of carbonyl (C=O) groups excluding carboxylic acids is 1. The maximum atomic E-state index is 12.1. The molecule has 4 heteroatoms. The van der Waals surface area contributed by atoms with Crippen molar-refractivity contribution >= 4 is 5.91 Å². The van der Waals surface area contributed by atoms with Crippen molar-refractivity contribution < 1.29 is 4.79 Å². The van der Waals surface area contributed by atoms with Gasteiger partial charge in [-0.1, -0.05) is 20.3 Å². The number of H-pyrrole nitrogens is 1. The number of hydrogen-bond acceptors (Lipinski definition) is 2. The highest BCUT2D eigenvalue weighted by Crippen LogP contribution is 2.08. The molecule has 17 heavy (non-hydrogen) atoms. The van der Waals surface area contributed by atoms with E-state index in [0.29, 0.717) is 18.0 Å². The molecular formula is C13H20N2O2. The molecule has 0 saturated heterocycles. The number of rotatable bonds is 5. The van der Waals surface area contributed by atoms with Gasteiger partial charge in [0.1, 0.15) is 0 Å². The standard InChI is InChI=1S/C13H20N2O2/c1-4-10(3)9-15(5-2)13(17)11-6-7-12(16)14-8-11/h6-8,10H,4-5,9H2,1-3H3,(H,14,16). The van der Waals surface area contributed by atoms with Crippen molar-refractivity contribution in [2.45, 2.75) is 27.2 Å². The molecule has 1 N–H and O–H groups in total. The minimum absolute atomic E-state index is 0.0240. The Morgan fingerprint density at radius 3 is 2.59 bits per heavy atom. The summed E-state index contributed by atoms with van der Waals surface area (Å²) in [5.74, 6) is 0.464. The monoisotopic (exact) mass is 236 g/mol. The van der Waals surface area contributed by atoms with Gasteiger partial charge in [-0.25, -0.2) is 0 Å². The van der Waals surface area contributed by atoms with Crippen LogP contribution in [0.1, 0.15) is 37.6 Å². The maximum Gasteiger partial charge on any atom is 0.255 e. The lowest BCUT2D eigenvalue weighted by Gasteiger charge is -2.24. The lowest BCUT2D eigenvalue weighted by molar-refractivity contribution is 0.0740. The fraction of sp³-hybridized carbons (Fsp3) is 0.538. The number of carbonyl (C=O) groups is 1. The molecule has 1 rings (SSSR count). The van der Waals surface area contributed by atoms with Crippen LogP contribution in [0, 0.1) is 5.92 Å². The molecule has 1 amide bonds. The first kappa shape index (κ1) is 13.5. The Kier molecular flexibility index (Phi) is 4.94. The van der Waals surface area contributed by atoms with Crippen LogP contribution < -0.4 is 5.56 Å². The van der Waals surface area contributed by atoms with Crippen molar-refractivity contribution in [2.24, 2.45) is 5.92 Å². The largest absolute Gasteiger partial charge is 0.339 e. The Hall–Kier alpha value is -1.58. The van der Waals surface area contributed by atoms with E-state index in [-0.39, 0.29) is 11.5 Å². The molecule has 1 aromatic rings. The molecule has 0 spiro atoms. The van der Waals surface area contributed by atoms with Gasteiger partial charge in [-0.15, -0.1) is 0 Å². The Morgan fingerprint density at radius 1 is 1.41 bits per heavy atom. The van der Waals surface area contributed by atoms with Gasteiger partial charge in [0, 0.05) is 25.4 Å². The van der Waals surface area contributed by atoms with Gasteiger partial charge in [-0.05, 0) is 18.9 Å². The number of nitrogens with zero attached hydrogens (tertiary/aromatic N) is 1. The normalized spacial score (nSPS) is 12.2. The van der Waals surface area contributed by atoms with Gasteiger partial charge < -0.3 is 9.88 Å². The molecule has 1 aromatic heterocycles. The third-order valence-corrected chi connectivity index (χ3v) is 2.93. The van der Waals surface area contributed by atoms with Crippen molar-refractivity contribution in [3.63, 3.8) is 0 Å². The average Bonchev–Trinajstić information content (AvgIpc) is 2.35. The van der Waals surface area contributed by atoms with E-state index in [4.69, 9.17) is 0 Å². The molecule has 0 fully saturated rings. The molecule has 1 heterocycles. The van der Waals surface area contributed by atoms with E-state index in [1.165, 1.54) is 12.3 Å². The van der Waals surface area contributed by atoms with E-state index < -0.39 is 0 Å². The van der Waals surface area contributed by atoms with Gasteiger partial charge in [-0.3, -0.25) is 9.59 Å². The quantitative estimate of drug-likeness (QED) is 0.848. The molecule has 4 nitrogen and oxygen atoms in total. The van der Waals surface area contributed by atoms with E-state index in [0.717, 1.165) is 13.0 Å². The second kappa shape index (κ2) is 6.23. The molecule has 0 aliphatic carbocycles. The zero-order valence-electron chi connectivity index (χ0n) is 10.7. The third-order valence-electron chi connectivity index (χ3n) is 2.93. The molecule has 0 aliphatic heterocycles.